The summed E-state index contributed by atoms with van der Waals surface area (Å²) < 4.78 is 5.38. The zero-order valence-electron chi connectivity index (χ0n) is 8.56. The van der Waals surface area contributed by atoms with Crippen LogP contribution in [0.5, 0.6) is 5.75 Å². The van der Waals surface area contributed by atoms with Crippen molar-refractivity contribution in [2.24, 2.45) is 10.9 Å². The van der Waals surface area contributed by atoms with Crippen LogP contribution < -0.4 is 15.3 Å². The number of rotatable bonds is 1. The Morgan fingerprint density at radius 2 is 2.19 bits per heavy atom. The van der Waals surface area contributed by atoms with Crippen LogP contribution in [0.4, 0.5) is 0 Å². The van der Waals surface area contributed by atoms with Gasteiger partial charge in [-0.2, -0.15) is 0 Å². The third kappa shape index (κ3) is 0.927. The smallest absolute Gasteiger partial charge is 0.340 e. The molecule has 78 valence electrons. The first kappa shape index (κ1) is 8.28. The van der Waals surface area contributed by atoms with E-state index in [0.717, 1.165) is 34.6 Å². The molecule has 1 aromatic carbocycles. The average molecular weight is 211 g/mol. The van der Waals surface area contributed by atoms with Crippen LogP contribution >= 0.6 is 0 Å². The summed E-state index contributed by atoms with van der Waals surface area (Å²) in [7, 11) is 0. The van der Waals surface area contributed by atoms with Crippen molar-refractivity contribution < 1.29 is 9.53 Å². The lowest BCUT2D eigenvalue weighted by atomic mass is 10.1. The number of carbonyl (C=O) groups excluding carboxylic acids is 1. The van der Waals surface area contributed by atoms with E-state index in [-0.39, 0.29) is 5.97 Å². The van der Waals surface area contributed by atoms with Gasteiger partial charge in [0.2, 0.25) is 0 Å². The maximum Gasteiger partial charge on any atom is 0.340 e. The lowest BCUT2D eigenvalue weighted by molar-refractivity contribution is -0.127. The van der Waals surface area contributed by atoms with E-state index in [1.165, 1.54) is 0 Å². The quantitative estimate of drug-likeness (QED) is 0.508. The summed E-state index contributed by atoms with van der Waals surface area (Å²) in [6.45, 7) is 0. The molecule has 0 unspecified atom stereocenters. The largest absolute Gasteiger partial charge is 0.422 e. The third-order valence-corrected chi connectivity index (χ3v) is 3.32. The second-order valence-electron chi connectivity index (χ2n) is 4.40. The number of hydrogen-bond acceptors (Lipinski definition) is 3. The van der Waals surface area contributed by atoms with Gasteiger partial charge in [-0.1, -0.05) is 0 Å². The molecule has 0 aromatic heterocycles. The Bertz CT molecular complexity index is 666. The highest BCUT2D eigenvalue weighted by molar-refractivity contribution is 6.15. The van der Waals surface area contributed by atoms with Crippen molar-refractivity contribution in [2.75, 3.05) is 0 Å². The van der Waals surface area contributed by atoms with Crippen molar-refractivity contribution in [3.63, 3.8) is 0 Å². The number of nitrogens with zero attached hydrogens (tertiary/aromatic N) is 1. The highest BCUT2D eigenvalue weighted by Gasteiger charge is 2.37. The van der Waals surface area contributed by atoms with E-state index in [1.54, 1.807) is 6.20 Å². The molecule has 2 aliphatic heterocycles. The Hall–Kier alpha value is -1.90. The van der Waals surface area contributed by atoms with E-state index in [2.05, 4.69) is 4.99 Å². The molecular weight excluding hydrogens is 202 g/mol. The Morgan fingerprint density at radius 3 is 3.00 bits per heavy atom. The highest BCUT2D eigenvalue weighted by atomic mass is 16.5. The van der Waals surface area contributed by atoms with E-state index in [9.17, 15) is 4.79 Å². The Kier molecular flexibility index (Phi) is 1.35. The van der Waals surface area contributed by atoms with Crippen molar-refractivity contribution in [3.05, 3.63) is 34.5 Å². The number of carbonyl (C=O) groups is 1. The zero-order chi connectivity index (χ0) is 10.7. The number of esters is 1. The fourth-order valence-electron chi connectivity index (χ4n) is 2.39. The van der Waals surface area contributed by atoms with Crippen LogP contribution in [0.2, 0.25) is 0 Å². The normalized spacial score (nSPS) is 20.5. The molecule has 3 nitrogen and oxygen atoms in total. The molecule has 0 bridgehead atoms. The topological polar surface area (TPSA) is 38.7 Å². The van der Waals surface area contributed by atoms with Gasteiger partial charge in [-0.3, -0.25) is 4.99 Å². The number of benzene rings is 1. The molecule has 0 radical (unpaired) electrons. The summed E-state index contributed by atoms with van der Waals surface area (Å²) in [5.41, 5.74) is 1.82. The molecule has 3 aliphatic rings. The third-order valence-electron chi connectivity index (χ3n) is 3.32. The van der Waals surface area contributed by atoms with Gasteiger partial charge in [0.1, 0.15) is 5.75 Å². The van der Waals surface area contributed by atoms with E-state index >= 15 is 0 Å². The molecule has 16 heavy (non-hydrogen) atoms. The predicted molar refractivity (Wildman–Crippen MR) is 58.0 cm³/mol. The average Bonchev–Trinajstić information content (AvgIpc) is 2.89. The second-order valence-corrected chi connectivity index (χ2v) is 4.40. The Morgan fingerprint density at radius 1 is 1.31 bits per heavy atom. The van der Waals surface area contributed by atoms with E-state index in [1.807, 2.05) is 18.2 Å². The van der Waals surface area contributed by atoms with Crippen LogP contribution in [0.1, 0.15) is 18.4 Å². The number of hydrogen-bond donors (Lipinski definition) is 0. The van der Waals surface area contributed by atoms with Gasteiger partial charge in [0.25, 0.3) is 0 Å². The van der Waals surface area contributed by atoms with Gasteiger partial charge >= 0.3 is 5.97 Å². The minimum absolute atomic E-state index is 0.161. The summed E-state index contributed by atoms with van der Waals surface area (Å²) in [4.78, 5) is 16.0. The Labute approximate surface area is 91.8 Å². The summed E-state index contributed by atoms with van der Waals surface area (Å²) in [6, 6.07) is 3.92. The minimum atomic E-state index is -0.161. The SMILES string of the molecule is O=C1Oc2c3c(ccc2=C1C1CC1)=NC=C3. The molecular formula is C13H9NO2. The van der Waals surface area contributed by atoms with Gasteiger partial charge in [-0.25, -0.2) is 4.79 Å². The van der Waals surface area contributed by atoms with Crippen molar-refractivity contribution in [2.45, 2.75) is 12.8 Å². The Balaban J connectivity index is 2.11. The number of fused-ring (bicyclic) bond motifs is 3. The molecule has 0 atom stereocenters. The van der Waals surface area contributed by atoms with Gasteiger partial charge in [0, 0.05) is 17.0 Å². The predicted octanol–water partition coefficient (Wildman–Crippen LogP) is 0.770. The standard InChI is InChI=1S/C13H9NO2/c15-13-11(7-1-2-7)9-3-4-10-8(5-6-14-10)12(9)16-13/h3-7H,1-2H2. The number of ether oxygens (including phenoxy) is 1. The maximum atomic E-state index is 11.8. The van der Waals surface area contributed by atoms with Gasteiger partial charge in [0.15, 0.2) is 0 Å². The van der Waals surface area contributed by atoms with Gasteiger partial charge in [-0.05, 0) is 37.0 Å². The molecule has 0 spiro atoms. The summed E-state index contributed by atoms with van der Waals surface area (Å²) in [6.07, 6.45) is 5.87. The lowest BCUT2D eigenvalue weighted by Gasteiger charge is -1.98. The molecule has 1 fully saturated rings. The molecule has 0 amide bonds. The molecule has 1 aromatic rings. The summed E-state index contributed by atoms with van der Waals surface area (Å²) in [5, 5.41) is 1.87. The van der Waals surface area contributed by atoms with E-state index < -0.39 is 0 Å². The van der Waals surface area contributed by atoms with Crippen molar-refractivity contribution in [1.29, 1.82) is 0 Å². The summed E-state index contributed by atoms with van der Waals surface area (Å²) in [5.74, 6) is 0.974. The first-order valence-corrected chi connectivity index (χ1v) is 5.48. The van der Waals surface area contributed by atoms with Gasteiger partial charge in [0.05, 0.1) is 10.9 Å². The van der Waals surface area contributed by atoms with Crippen LogP contribution in [-0.2, 0) is 4.79 Å². The monoisotopic (exact) mass is 211 g/mol. The molecule has 3 heteroatoms. The van der Waals surface area contributed by atoms with Crippen molar-refractivity contribution in [1.82, 2.24) is 0 Å². The molecule has 0 saturated heterocycles. The van der Waals surface area contributed by atoms with E-state index in [4.69, 9.17) is 4.74 Å². The van der Waals surface area contributed by atoms with Crippen molar-refractivity contribution in [3.8, 4) is 5.75 Å². The lowest BCUT2D eigenvalue weighted by Crippen LogP contribution is -2.12. The fraction of sp³-hybridized carbons (Fsp3) is 0.231. The molecule has 1 saturated carbocycles. The van der Waals surface area contributed by atoms with Crippen molar-refractivity contribution >= 4 is 17.6 Å². The molecule has 0 N–H and O–H groups in total. The molecule has 2 heterocycles. The van der Waals surface area contributed by atoms with E-state index in [0.29, 0.717) is 11.7 Å². The van der Waals surface area contributed by atoms with Gasteiger partial charge in [-0.15, -0.1) is 0 Å². The van der Waals surface area contributed by atoms with Crippen LogP contribution in [0.15, 0.2) is 23.3 Å². The van der Waals surface area contributed by atoms with Gasteiger partial charge < -0.3 is 4.74 Å². The first-order valence-electron chi connectivity index (χ1n) is 5.48. The van der Waals surface area contributed by atoms with Crippen LogP contribution in [-0.4, -0.2) is 5.97 Å². The van der Waals surface area contributed by atoms with Crippen LogP contribution in [0.3, 0.4) is 0 Å². The minimum Gasteiger partial charge on any atom is -0.422 e. The maximum absolute atomic E-state index is 11.8. The highest BCUT2D eigenvalue weighted by Crippen LogP contribution is 2.40. The molecule has 4 rings (SSSR count). The summed E-state index contributed by atoms with van der Waals surface area (Å²) >= 11 is 0. The fourth-order valence-corrected chi connectivity index (χ4v) is 2.39. The zero-order valence-corrected chi connectivity index (χ0v) is 8.56. The van der Waals surface area contributed by atoms with Crippen LogP contribution in [0, 0.1) is 5.92 Å². The van der Waals surface area contributed by atoms with Crippen LogP contribution in [0.25, 0.3) is 11.6 Å². The molecule has 1 aliphatic carbocycles. The second kappa shape index (κ2) is 2.61. The first-order chi connectivity index (χ1) is 7.84.